The van der Waals surface area contributed by atoms with E-state index < -0.39 is 11.9 Å². The Hall–Kier alpha value is -4.73. The standard InChI is InChI=1S/C26H25N5O5/c1-4-35-25(32)20-15-27-22(17-11-13-19(34-3)14-12-17)29-23(20)30-24-21(26(33)36-5-2)16-28-31(24)18-9-7-6-8-10-18/h6-16H,4-5H2,1-3H3,(H,27,29,30). The van der Waals surface area contributed by atoms with Crippen LogP contribution in [0.2, 0.25) is 0 Å². The Labute approximate surface area is 207 Å². The molecule has 0 spiro atoms. The number of esters is 2. The summed E-state index contributed by atoms with van der Waals surface area (Å²) >= 11 is 0. The summed E-state index contributed by atoms with van der Waals surface area (Å²) in [4.78, 5) is 34.4. The minimum atomic E-state index is -0.607. The van der Waals surface area contributed by atoms with E-state index in [9.17, 15) is 9.59 Å². The molecule has 184 valence electrons. The summed E-state index contributed by atoms with van der Waals surface area (Å²) in [6.07, 6.45) is 2.79. The zero-order chi connectivity index (χ0) is 25.5. The second-order valence-electron chi connectivity index (χ2n) is 7.40. The van der Waals surface area contributed by atoms with Crippen LogP contribution in [0.15, 0.2) is 67.0 Å². The molecule has 0 aliphatic carbocycles. The minimum Gasteiger partial charge on any atom is -0.497 e. The number of carbonyl (C=O) groups excluding carboxylic acids is 2. The van der Waals surface area contributed by atoms with Crippen molar-refractivity contribution in [3.63, 3.8) is 0 Å². The first-order valence-corrected chi connectivity index (χ1v) is 11.3. The van der Waals surface area contributed by atoms with Gasteiger partial charge in [0.05, 0.1) is 32.2 Å². The number of nitrogens with one attached hydrogen (secondary N) is 1. The molecule has 2 aromatic carbocycles. The van der Waals surface area contributed by atoms with Gasteiger partial charge in [-0.3, -0.25) is 0 Å². The molecule has 1 N–H and O–H groups in total. The van der Waals surface area contributed by atoms with Crippen molar-refractivity contribution in [2.24, 2.45) is 0 Å². The fraction of sp³-hybridized carbons (Fsp3) is 0.192. The van der Waals surface area contributed by atoms with Crippen molar-refractivity contribution in [3.8, 4) is 22.8 Å². The average Bonchev–Trinajstić information content (AvgIpc) is 3.33. The number of nitrogens with zero attached hydrogens (tertiary/aromatic N) is 4. The number of rotatable bonds is 9. The van der Waals surface area contributed by atoms with Crippen molar-refractivity contribution in [2.75, 3.05) is 25.6 Å². The van der Waals surface area contributed by atoms with Gasteiger partial charge in [0.1, 0.15) is 28.5 Å². The second-order valence-corrected chi connectivity index (χ2v) is 7.40. The lowest BCUT2D eigenvalue weighted by Gasteiger charge is -2.15. The molecule has 0 aliphatic rings. The van der Waals surface area contributed by atoms with Gasteiger partial charge in [-0.1, -0.05) is 18.2 Å². The summed E-state index contributed by atoms with van der Waals surface area (Å²) in [5, 5.41) is 7.50. The van der Waals surface area contributed by atoms with Crippen LogP contribution in [0.3, 0.4) is 0 Å². The zero-order valence-corrected chi connectivity index (χ0v) is 20.1. The predicted octanol–water partition coefficient (Wildman–Crippen LogP) is 4.43. The van der Waals surface area contributed by atoms with Gasteiger partial charge in [0.25, 0.3) is 0 Å². The highest BCUT2D eigenvalue weighted by Crippen LogP contribution is 2.28. The van der Waals surface area contributed by atoms with E-state index in [1.807, 2.05) is 30.3 Å². The SMILES string of the molecule is CCOC(=O)c1cnc(-c2ccc(OC)cc2)nc1Nc1c(C(=O)OCC)cnn1-c1ccccc1. The molecule has 4 aromatic rings. The van der Waals surface area contributed by atoms with Crippen molar-refractivity contribution in [1.29, 1.82) is 0 Å². The molecule has 0 saturated carbocycles. The number of para-hydroxylation sites is 1. The molecule has 10 nitrogen and oxygen atoms in total. The number of hydrogen-bond donors (Lipinski definition) is 1. The van der Waals surface area contributed by atoms with Gasteiger partial charge in [-0.05, 0) is 50.2 Å². The van der Waals surface area contributed by atoms with Gasteiger partial charge in [-0.15, -0.1) is 0 Å². The number of anilines is 2. The summed E-state index contributed by atoms with van der Waals surface area (Å²) in [6.45, 7) is 3.80. The molecule has 0 radical (unpaired) electrons. The Morgan fingerprint density at radius 1 is 0.889 bits per heavy atom. The molecule has 4 rings (SSSR count). The summed E-state index contributed by atoms with van der Waals surface area (Å²) < 4.78 is 17.2. The first kappa shape index (κ1) is 24.4. The van der Waals surface area contributed by atoms with Crippen molar-refractivity contribution in [3.05, 3.63) is 78.1 Å². The normalized spacial score (nSPS) is 10.5. The summed E-state index contributed by atoms with van der Waals surface area (Å²) in [5.41, 5.74) is 1.68. The van der Waals surface area contributed by atoms with Crippen LogP contribution in [0.1, 0.15) is 34.6 Å². The largest absolute Gasteiger partial charge is 0.497 e. The maximum absolute atomic E-state index is 12.7. The van der Waals surface area contributed by atoms with E-state index >= 15 is 0 Å². The van der Waals surface area contributed by atoms with E-state index in [1.54, 1.807) is 45.2 Å². The molecule has 0 atom stereocenters. The topological polar surface area (TPSA) is 117 Å². The van der Waals surface area contributed by atoms with Crippen LogP contribution in [0, 0.1) is 0 Å². The van der Waals surface area contributed by atoms with Crippen molar-refractivity contribution in [2.45, 2.75) is 13.8 Å². The van der Waals surface area contributed by atoms with Gasteiger partial charge >= 0.3 is 11.9 Å². The van der Waals surface area contributed by atoms with Gasteiger partial charge in [0.2, 0.25) is 0 Å². The van der Waals surface area contributed by atoms with E-state index in [0.29, 0.717) is 22.8 Å². The zero-order valence-electron chi connectivity index (χ0n) is 20.1. The first-order valence-electron chi connectivity index (χ1n) is 11.3. The Morgan fingerprint density at radius 2 is 1.56 bits per heavy atom. The Morgan fingerprint density at radius 3 is 2.19 bits per heavy atom. The summed E-state index contributed by atoms with van der Waals surface area (Å²) in [7, 11) is 1.58. The fourth-order valence-corrected chi connectivity index (χ4v) is 3.42. The van der Waals surface area contributed by atoms with E-state index in [-0.39, 0.29) is 36.0 Å². The van der Waals surface area contributed by atoms with Gasteiger partial charge in [-0.2, -0.15) is 5.10 Å². The fourth-order valence-electron chi connectivity index (χ4n) is 3.42. The Bertz CT molecular complexity index is 1350. The molecule has 0 saturated heterocycles. The van der Waals surface area contributed by atoms with Crippen molar-refractivity contribution >= 4 is 23.6 Å². The van der Waals surface area contributed by atoms with Gasteiger partial charge in [-0.25, -0.2) is 24.2 Å². The van der Waals surface area contributed by atoms with Crippen LogP contribution in [0.25, 0.3) is 17.1 Å². The molecule has 0 aliphatic heterocycles. The van der Waals surface area contributed by atoms with Gasteiger partial charge in [0, 0.05) is 11.8 Å². The van der Waals surface area contributed by atoms with E-state index in [4.69, 9.17) is 14.2 Å². The van der Waals surface area contributed by atoms with Crippen LogP contribution in [-0.2, 0) is 9.47 Å². The molecular formula is C26H25N5O5. The molecular weight excluding hydrogens is 462 g/mol. The quantitative estimate of drug-likeness (QED) is 0.342. The molecule has 0 bridgehead atoms. The summed E-state index contributed by atoms with van der Waals surface area (Å²) in [5.74, 6) is 0.305. The highest BCUT2D eigenvalue weighted by Gasteiger charge is 2.24. The highest BCUT2D eigenvalue weighted by molar-refractivity contribution is 5.98. The number of carbonyl (C=O) groups is 2. The molecule has 0 unspecified atom stereocenters. The van der Waals surface area contributed by atoms with Crippen LogP contribution in [0.5, 0.6) is 5.75 Å². The molecule has 0 fully saturated rings. The van der Waals surface area contributed by atoms with Gasteiger partial charge < -0.3 is 19.5 Å². The molecule has 2 heterocycles. The number of hydrogen-bond acceptors (Lipinski definition) is 9. The number of methoxy groups -OCH3 is 1. The van der Waals surface area contributed by atoms with Crippen LogP contribution < -0.4 is 10.1 Å². The number of benzene rings is 2. The van der Waals surface area contributed by atoms with Gasteiger partial charge in [0.15, 0.2) is 5.82 Å². The lowest BCUT2D eigenvalue weighted by molar-refractivity contribution is 0.0518. The monoisotopic (exact) mass is 487 g/mol. The third kappa shape index (κ3) is 5.17. The lowest BCUT2D eigenvalue weighted by Crippen LogP contribution is -2.14. The first-order chi connectivity index (χ1) is 17.5. The maximum atomic E-state index is 12.7. The average molecular weight is 488 g/mol. The third-order valence-electron chi connectivity index (χ3n) is 5.13. The maximum Gasteiger partial charge on any atom is 0.343 e. The van der Waals surface area contributed by atoms with Crippen molar-refractivity contribution in [1.82, 2.24) is 19.7 Å². The predicted molar refractivity (Wildman–Crippen MR) is 133 cm³/mol. The molecule has 2 aromatic heterocycles. The number of aromatic nitrogens is 4. The molecule has 10 heteroatoms. The van der Waals surface area contributed by atoms with Crippen LogP contribution in [0.4, 0.5) is 11.6 Å². The highest BCUT2D eigenvalue weighted by atomic mass is 16.5. The van der Waals surface area contributed by atoms with E-state index in [2.05, 4.69) is 20.4 Å². The van der Waals surface area contributed by atoms with Crippen LogP contribution in [-0.4, -0.2) is 52.0 Å². The Kier molecular flexibility index (Phi) is 7.54. The molecule has 0 amide bonds. The smallest absolute Gasteiger partial charge is 0.343 e. The van der Waals surface area contributed by atoms with E-state index in [1.165, 1.54) is 17.1 Å². The van der Waals surface area contributed by atoms with E-state index in [0.717, 1.165) is 0 Å². The molecule has 36 heavy (non-hydrogen) atoms. The van der Waals surface area contributed by atoms with Crippen molar-refractivity contribution < 1.29 is 23.8 Å². The lowest BCUT2D eigenvalue weighted by atomic mass is 10.2. The summed E-state index contributed by atoms with van der Waals surface area (Å²) in [6, 6.07) is 16.4. The second kappa shape index (κ2) is 11.1. The number of ether oxygens (including phenoxy) is 3. The Balaban J connectivity index is 1.84. The third-order valence-corrected chi connectivity index (χ3v) is 5.13. The van der Waals surface area contributed by atoms with Crippen LogP contribution >= 0.6 is 0 Å². The minimum absolute atomic E-state index is 0.102.